The number of rotatable bonds is 2. The van der Waals surface area contributed by atoms with Crippen molar-refractivity contribution >= 4 is 0 Å². The molecule has 14 heavy (non-hydrogen) atoms. The van der Waals surface area contributed by atoms with Crippen LogP contribution < -0.4 is 10.1 Å². The van der Waals surface area contributed by atoms with Crippen molar-refractivity contribution in [2.45, 2.75) is 12.5 Å². The first-order valence-corrected chi connectivity index (χ1v) is 4.48. The Bertz CT molecular complexity index is 327. The normalized spacial score (nSPS) is 20.4. The summed E-state index contributed by atoms with van der Waals surface area (Å²) >= 11 is 0. The van der Waals surface area contributed by atoms with Crippen molar-refractivity contribution in [3.05, 3.63) is 29.3 Å². The number of halogens is 2. The fourth-order valence-electron chi connectivity index (χ4n) is 1.55. The van der Waals surface area contributed by atoms with Crippen LogP contribution in [0.3, 0.4) is 0 Å². The molecule has 0 amide bonds. The van der Waals surface area contributed by atoms with E-state index in [0.29, 0.717) is 5.56 Å². The predicted octanol–water partition coefficient (Wildman–Crippen LogP) is 2.01. The van der Waals surface area contributed by atoms with Crippen LogP contribution in [0.25, 0.3) is 0 Å². The first-order chi connectivity index (χ1) is 6.72. The molecule has 1 heterocycles. The zero-order valence-corrected chi connectivity index (χ0v) is 7.81. The molecule has 0 spiro atoms. The fourth-order valence-corrected chi connectivity index (χ4v) is 1.55. The lowest BCUT2D eigenvalue weighted by molar-refractivity contribution is 0.350. The molecule has 1 fully saturated rings. The molecular weight excluding hydrogens is 188 g/mol. The molecule has 0 aromatic heterocycles. The summed E-state index contributed by atoms with van der Waals surface area (Å²) in [5, 5.41) is 3.08. The van der Waals surface area contributed by atoms with Crippen LogP contribution in [0.15, 0.2) is 12.1 Å². The van der Waals surface area contributed by atoms with Crippen LogP contribution in [0.4, 0.5) is 8.78 Å². The topological polar surface area (TPSA) is 21.3 Å². The van der Waals surface area contributed by atoms with Crippen LogP contribution in [0, 0.1) is 11.6 Å². The van der Waals surface area contributed by atoms with Gasteiger partial charge in [0.2, 0.25) is 0 Å². The summed E-state index contributed by atoms with van der Waals surface area (Å²) in [7, 11) is 1.25. The number of benzene rings is 1. The van der Waals surface area contributed by atoms with E-state index >= 15 is 0 Å². The molecule has 1 N–H and O–H groups in total. The van der Waals surface area contributed by atoms with Crippen molar-refractivity contribution in [3.63, 3.8) is 0 Å². The molecule has 0 unspecified atom stereocenters. The van der Waals surface area contributed by atoms with Crippen molar-refractivity contribution in [1.82, 2.24) is 5.32 Å². The lowest BCUT2D eigenvalue weighted by Gasteiger charge is -2.28. The summed E-state index contributed by atoms with van der Waals surface area (Å²) in [6.45, 7) is 0.903. The van der Waals surface area contributed by atoms with E-state index in [4.69, 9.17) is 0 Å². The molecule has 0 bridgehead atoms. The van der Waals surface area contributed by atoms with Gasteiger partial charge in [0, 0.05) is 6.04 Å². The standard InChI is InChI=1S/C10H11F2NO/c1-14-10-7(11)4-6(5-8(10)12)9-2-3-13-9/h4-5,9,13H,2-3H2,1H3/t9-/m0/s1. The van der Waals surface area contributed by atoms with Gasteiger partial charge in [-0.05, 0) is 30.7 Å². The van der Waals surface area contributed by atoms with Gasteiger partial charge in [0.1, 0.15) is 0 Å². The Balaban J connectivity index is 2.35. The Morgan fingerprint density at radius 2 is 1.93 bits per heavy atom. The molecular formula is C10H11F2NO. The van der Waals surface area contributed by atoms with Gasteiger partial charge in [-0.15, -0.1) is 0 Å². The third kappa shape index (κ3) is 1.46. The predicted molar refractivity (Wildman–Crippen MR) is 48.3 cm³/mol. The van der Waals surface area contributed by atoms with E-state index < -0.39 is 11.6 Å². The van der Waals surface area contributed by atoms with E-state index in [2.05, 4.69) is 10.1 Å². The summed E-state index contributed by atoms with van der Waals surface area (Å²) in [5.74, 6) is -1.60. The van der Waals surface area contributed by atoms with Gasteiger partial charge in [0.05, 0.1) is 7.11 Å². The molecule has 0 radical (unpaired) electrons. The van der Waals surface area contributed by atoms with E-state index in [1.165, 1.54) is 19.2 Å². The number of methoxy groups -OCH3 is 1. The molecule has 0 aliphatic carbocycles. The summed E-state index contributed by atoms with van der Waals surface area (Å²) in [6.07, 6.45) is 0.922. The van der Waals surface area contributed by atoms with Gasteiger partial charge in [-0.1, -0.05) is 0 Å². The first kappa shape index (κ1) is 9.40. The monoisotopic (exact) mass is 199 g/mol. The van der Waals surface area contributed by atoms with Crippen LogP contribution in [-0.4, -0.2) is 13.7 Å². The maximum absolute atomic E-state index is 13.2. The maximum Gasteiger partial charge on any atom is 0.190 e. The average Bonchev–Trinajstić information content (AvgIpc) is 2.00. The van der Waals surface area contributed by atoms with Gasteiger partial charge in [-0.2, -0.15) is 0 Å². The molecule has 1 atom stereocenters. The van der Waals surface area contributed by atoms with Crippen LogP contribution in [0.5, 0.6) is 5.75 Å². The second-order valence-electron chi connectivity index (χ2n) is 3.31. The third-order valence-electron chi connectivity index (χ3n) is 2.45. The van der Waals surface area contributed by atoms with Crippen molar-refractivity contribution < 1.29 is 13.5 Å². The molecule has 1 aliphatic rings. The summed E-state index contributed by atoms with van der Waals surface area (Å²) in [6, 6.07) is 2.72. The highest BCUT2D eigenvalue weighted by molar-refractivity contribution is 5.33. The highest BCUT2D eigenvalue weighted by Crippen LogP contribution is 2.29. The van der Waals surface area contributed by atoms with E-state index in [1.807, 2.05) is 0 Å². The summed E-state index contributed by atoms with van der Waals surface area (Å²) < 4.78 is 31.1. The minimum atomic E-state index is -0.642. The van der Waals surface area contributed by atoms with Gasteiger partial charge in [0.15, 0.2) is 17.4 Å². The molecule has 76 valence electrons. The van der Waals surface area contributed by atoms with Crippen molar-refractivity contribution in [3.8, 4) is 5.75 Å². The highest BCUT2D eigenvalue weighted by Gasteiger charge is 2.21. The number of ether oxygens (including phenoxy) is 1. The Morgan fingerprint density at radius 3 is 2.29 bits per heavy atom. The minimum absolute atomic E-state index is 0.0879. The molecule has 1 saturated heterocycles. The second kappa shape index (κ2) is 3.53. The molecule has 2 nitrogen and oxygen atoms in total. The van der Waals surface area contributed by atoms with Crippen LogP contribution in [0.1, 0.15) is 18.0 Å². The Kier molecular flexibility index (Phi) is 2.37. The number of nitrogens with one attached hydrogen (secondary N) is 1. The quantitative estimate of drug-likeness (QED) is 0.786. The zero-order valence-electron chi connectivity index (χ0n) is 7.81. The minimum Gasteiger partial charge on any atom is -0.491 e. The van der Waals surface area contributed by atoms with E-state index in [1.54, 1.807) is 0 Å². The Hall–Kier alpha value is -1.16. The molecule has 2 rings (SSSR count). The zero-order chi connectivity index (χ0) is 10.1. The van der Waals surface area contributed by atoms with Crippen molar-refractivity contribution in [2.24, 2.45) is 0 Å². The van der Waals surface area contributed by atoms with Gasteiger partial charge < -0.3 is 10.1 Å². The smallest absolute Gasteiger partial charge is 0.190 e. The van der Waals surface area contributed by atoms with E-state index in [0.717, 1.165) is 13.0 Å². The SMILES string of the molecule is COc1c(F)cc([C@@H]2CCN2)cc1F. The largest absolute Gasteiger partial charge is 0.491 e. The fraction of sp³-hybridized carbons (Fsp3) is 0.400. The van der Waals surface area contributed by atoms with Crippen LogP contribution in [-0.2, 0) is 0 Å². The van der Waals surface area contributed by atoms with Gasteiger partial charge >= 0.3 is 0 Å². The van der Waals surface area contributed by atoms with Gasteiger partial charge in [0.25, 0.3) is 0 Å². The maximum atomic E-state index is 13.2. The molecule has 4 heteroatoms. The van der Waals surface area contributed by atoms with Crippen molar-refractivity contribution in [1.29, 1.82) is 0 Å². The molecule has 1 aliphatic heterocycles. The highest BCUT2D eigenvalue weighted by atomic mass is 19.1. The second-order valence-corrected chi connectivity index (χ2v) is 3.31. The average molecular weight is 199 g/mol. The van der Waals surface area contributed by atoms with Crippen molar-refractivity contribution in [2.75, 3.05) is 13.7 Å². The Morgan fingerprint density at radius 1 is 1.36 bits per heavy atom. The molecule has 1 aromatic carbocycles. The number of hydrogen-bond donors (Lipinski definition) is 1. The molecule has 1 aromatic rings. The van der Waals surface area contributed by atoms with Gasteiger partial charge in [-0.3, -0.25) is 0 Å². The van der Waals surface area contributed by atoms with Gasteiger partial charge in [-0.25, -0.2) is 8.78 Å². The lowest BCUT2D eigenvalue weighted by Crippen LogP contribution is -2.35. The lowest BCUT2D eigenvalue weighted by atomic mass is 9.98. The molecule has 0 saturated carbocycles. The summed E-state index contributed by atoms with van der Waals surface area (Å²) in [4.78, 5) is 0. The summed E-state index contributed by atoms with van der Waals surface area (Å²) in [5.41, 5.74) is 0.645. The third-order valence-corrected chi connectivity index (χ3v) is 2.45. The Labute approximate surface area is 80.9 Å². The number of hydrogen-bond acceptors (Lipinski definition) is 2. The first-order valence-electron chi connectivity index (χ1n) is 4.48. The van der Waals surface area contributed by atoms with E-state index in [9.17, 15) is 8.78 Å². The van der Waals surface area contributed by atoms with Crippen LogP contribution >= 0.6 is 0 Å². The van der Waals surface area contributed by atoms with E-state index in [-0.39, 0.29) is 11.8 Å². The van der Waals surface area contributed by atoms with Crippen LogP contribution in [0.2, 0.25) is 0 Å².